The average molecular weight is 300 g/mol. The lowest BCUT2D eigenvalue weighted by atomic mass is 9.76. The highest BCUT2D eigenvalue weighted by atomic mass is 16.4. The molecule has 2 rings (SSSR count). The van der Waals surface area contributed by atoms with E-state index in [0.29, 0.717) is 18.5 Å². The number of hydrogen-bond donors (Lipinski definition) is 1. The minimum atomic E-state index is -1.15. The van der Waals surface area contributed by atoms with E-state index in [0.717, 1.165) is 22.3 Å². The van der Waals surface area contributed by atoms with E-state index >= 15 is 0 Å². The van der Waals surface area contributed by atoms with E-state index in [1.165, 1.54) is 0 Å². The Labute approximate surface area is 131 Å². The lowest BCUT2D eigenvalue weighted by Crippen LogP contribution is -2.42. The Kier molecular flexibility index (Phi) is 4.69. The number of amides is 1. The largest absolute Gasteiger partial charge is 0.550 e. The van der Waals surface area contributed by atoms with Gasteiger partial charge in [-0.25, -0.2) is 0 Å². The van der Waals surface area contributed by atoms with Gasteiger partial charge < -0.3 is 15.2 Å². The van der Waals surface area contributed by atoms with Gasteiger partial charge in [-0.2, -0.15) is 0 Å². The average Bonchev–Trinajstić information content (AvgIpc) is 2.45. The Balaban J connectivity index is 2.19. The smallest absolute Gasteiger partial charge is 0.228 e. The minimum Gasteiger partial charge on any atom is -0.550 e. The Morgan fingerprint density at radius 1 is 1.00 bits per heavy atom. The maximum absolute atomic E-state index is 12.5. The molecule has 1 aliphatic carbocycles. The van der Waals surface area contributed by atoms with Crippen LogP contribution in [-0.2, 0) is 9.59 Å². The molecule has 4 nitrogen and oxygen atoms in total. The molecule has 0 unspecified atom stereocenters. The molecule has 0 saturated carbocycles. The molecule has 0 spiro atoms. The standard InChI is InChI=1S/C18H23NO3/c1-10-5-6-14(7-11(10)2)19-17(20)15-8-12(3)13(4)9-16(15)18(21)22/h5-7,15-16H,8-9H2,1-4H3,(H,19,20)(H,21,22)/p-1/t15-,16-/m1/s1. The molecule has 0 heterocycles. The normalized spacial score (nSPS) is 21.6. The number of hydrogen-bond acceptors (Lipinski definition) is 3. The van der Waals surface area contributed by atoms with Gasteiger partial charge in [-0.05, 0) is 63.8 Å². The van der Waals surface area contributed by atoms with Gasteiger partial charge >= 0.3 is 0 Å². The molecule has 0 bridgehead atoms. The van der Waals surface area contributed by atoms with Crippen molar-refractivity contribution in [3.8, 4) is 0 Å². The lowest BCUT2D eigenvalue weighted by Gasteiger charge is -2.32. The number of carbonyl (C=O) groups is 2. The molecule has 0 aromatic heterocycles. The van der Waals surface area contributed by atoms with E-state index < -0.39 is 17.8 Å². The number of benzene rings is 1. The third kappa shape index (κ3) is 3.38. The number of allylic oxidation sites excluding steroid dienone is 2. The van der Waals surface area contributed by atoms with Gasteiger partial charge in [-0.3, -0.25) is 4.79 Å². The molecule has 1 aliphatic rings. The van der Waals surface area contributed by atoms with E-state index in [1.54, 1.807) is 0 Å². The summed E-state index contributed by atoms with van der Waals surface area (Å²) in [7, 11) is 0. The highest BCUT2D eigenvalue weighted by molar-refractivity contribution is 5.95. The van der Waals surface area contributed by atoms with Gasteiger partial charge in [-0.15, -0.1) is 0 Å². The quantitative estimate of drug-likeness (QED) is 0.871. The van der Waals surface area contributed by atoms with E-state index in [2.05, 4.69) is 5.32 Å². The summed E-state index contributed by atoms with van der Waals surface area (Å²) in [5.41, 5.74) is 5.08. The molecule has 4 heteroatoms. The number of aliphatic carboxylic acids is 1. The summed E-state index contributed by atoms with van der Waals surface area (Å²) in [4.78, 5) is 23.9. The third-order valence-corrected chi connectivity index (χ3v) is 4.68. The van der Waals surface area contributed by atoms with Crippen LogP contribution < -0.4 is 10.4 Å². The lowest BCUT2D eigenvalue weighted by molar-refractivity contribution is -0.313. The van der Waals surface area contributed by atoms with Crippen molar-refractivity contribution in [1.82, 2.24) is 0 Å². The van der Waals surface area contributed by atoms with E-state index in [1.807, 2.05) is 45.9 Å². The van der Waals surface area contributed by atoms with Crippen molar-refractivity contribution < 1.29 is 14.7 Å². The van der Waals surface area contributed by atoms with Crippen LogP contribution >= 0.6 is 0 Å². The van der Waals surface area contributed by atoms with Gasteiger partial charge in [0.25, 0.3) is 0 Å². The van der Waals surface area contributed by atoms with Gasteiger partial charge in [0, 0.05) is 17.6 Å². The number of anilines is 1. The number of carboxylic acids is 1. The molecular formula is C18H22NO3-. The molecule has 0 radical (unpaired) electrons. The highest BCUT2D eigenvalue weighted by Crippen LogP contribution is 2.34. The van der Waals surface area contributed by atoms with Crippen molar-refractivity contribution in [3.63, 3.8) is 0 Å². The molecule has 0 aliphatic heterocycles. The van der Waals surface area contributed by atoms with Crippen LogP contribution in [0.3, 0.4) is 0 Å². The number of rotatable bonds is 3. The fraction of sp³-hybridized carbons (Fsp3) is 0.444. The summed E-state index contributed by atoms with van der Waals surface area (Å²) < 4.78 is 0. The topological polar surface area (TPSA) is 69.2 Å². The third-order valence-electron chi connectivity index (χ3n) is 4.68. The van der Waals surface area contributed by atoms with Crippen LogP contribution in [-0.4, -0.2) is 11.9 Å². The zero-order chi connectivity index (χ0) is 16.4. The molecule has 2 atom stereocenters. The zero-order valence-corrected chi connectivity index (χ0v) is 13.5. The van der Waals surface area contributed by atoms with Gasteiger partial charge in [0.05, 0.1) is 5.92 Å². The van der Waals surface area contributed by atoms with Crippen molar-refractivity contribution in [2.24, 2.45) is 11.8 Å². The van der Waals surface area contributed by atoms with E-state index in [4.69, 9.17) is 0 Å². The monoisotopic (exact) mass is 300 g/mol. The van der Waals surface area contributed by atoms with Crippen LogP contribution in [0.1, 0.15) is 37.8 Å². The molecular weight excluding hydrogens is 278 g/mol. The number of carboxylic acid groups (broad SMARTS) is 1. The summed E-state index contributed by atoms with van der Waals surface area (Å²) in [6.45, 7) is 7.86. The van der Waals surface area contributed by atoms with Crippen molar-refractivity contribution in [2.45, 2.75) is 40.5 Å². The van der Waals surface area contributed by atoms with Gasteiger partial charge in [-0.1, -0.05) is 17.2 Å². The first kappa shape index (κ1) is 16.3. The Bertz CT molecular complexity index is 646. The van der Waals surface area contributed by atoms with Crippen molar-refractivity contribution >= 4 is 17.6 Å². The first-order chi connectivity index (χ1) is 10.3. The molecule has 1 aromatic carbocycles. The molecule has 1 amide bonds. The van der Waals surface area contributed by atoms with Crippen LogP contribution in [0, 0.1) is 25.7 Å². The van der Waals surface area contributed by atoms with Crippen LogP contribution in [0.4, 0.5) is 5.69 Å². The SMILES string of the molecule is CC1=C(C)C[C@@H](C(=O)Nc2ccc(C)c(C)c2)[C@H](C(=O)[O-])C1. The summed E-state index contributed by atoms with van der Waals surface area (Å²) in [6.07, 6.45) is 0.861. The maximum Gasteiger partial charge on any atom is 0.228 e. The second kappa shape index (κ2) is 6.34. The molecule has 118 valence electrons. The summed E-state index contributed by atoms with van der Waals surface area (Å²) in [5.74, 6) is -2.72. The Morgan fingerprint density at radius 2 is 1.59 bits per heavy atom. The van der Waals surface area contributed by atoms with Gasteiger partial charge in [0.1, 0.15) is 0 Å². The molecule has 1 N–H and O–H groups in total. The zero-order valence-electron chi connectivity index (χ0n) is 13.5. The first-order valence-electron chi connectivity index (χ1n) is 7.53. The highest BCUT2D eigenvalue weighted by Gasteiger charge is 2.33. The van der Waals surface area contributed by atoms with Gasteiger partial charge in [0.2, 0.25) is 5.91 Å². The molecule has 0 fully saturated rings. The summed E-state index contributed by atoms with van der Waals surface area (Å²) in [6, 6.07) is 5.68. The number of carbonyl (C=O) groups excluding carboxylic acids is 2. The maximum atomic E-state index is 12.5. The van der Waals surface area contributed by atoms with E-state index in [9.17, 15) is 14.7 Å². The van der Waals surface area contributed by atoms with Crippen LogP contribution in [0.25, 0.3) is 0 Å². The predicted molar refractivity (Wildman–Crippen MR) is 84.1 cm³/mol. The van der Waals surface area contributed by atoms with Gasteiger partial charge in [0.15, 0.2) is 0 Å². The van der Waals surface area contributed by atoms with Crippen LogP contribution in [0.15, 0.2) is 29.3 Å². The molecule has 0 saturated heterocycles. The Morgan fingerprint density at radius 3 is 2.14 bits per heavy atom. The van der Waals surface area contributed by atoms with Crippen molar-refractivity contribution in [1.29, 1.82) is 0 Å². The van der Waals surface area contributed by atoms with Crippen LogP contribution in [0.5, 0.6) is 0 Å². The second-order valence-electron chi connectivity index (χ2n) is 6.29. The molecule has 1 aromatic rings. The van der Waals surface area contributed by atoms with E-state index in [-0.39, 0.29) is 5.91 Å². The fourth-order valence-corrected chi connectivity index (χ4v) is 2.87. The summed E-state index contributed by atoms with van der Waals surface area (Å²) >= 11 is 0. The summed E-state index contributed by atoms with van der Waals surface area (Å²) in [5, 5.41) is 14.2. The van der Waals surface area contributed by atoms with Crippen molar-refractivity contribution in [3.05, 3.63) is 40.5 Å². The number of nitrogens with one attached hydrogen (secondary N) is 1. The first-order valence-corrected chi connectivity index (χ1v) is 7.53. The predicted octanol–water partition coefficient (Wildman–Crippen LogP) is 2.35. The molecule has 22 heavy (non-hydrogen) atoms. The fourth-order valence-electron chi connectivity index (χ4n) is 2.87. The number of aryl methyl sites for hydroxylation is 2. The minimum absolute atomic E-state index is 0.246. The second-order valence-corrected chi connectivity index (χ2v) is 6.29. The Hall–Kier alpha value is -2.10. The van der Waals surface area contributed by atoms with Crippen LogP contribution in [0.2, 0.25) is 0 Å². The van der Waals surface area contributed by atoms with Crippen molar-refractivity contribution in [2.75, 3.05) is 5.32 Å².